The number of anilines is 1. The molecule has 0 aromatic carbocycles. The van der Waals surface area contributed by atoms with Gasteiger partial charge in [0.1, 0.15) is 0 Å². The van der Waals surface area contributed by atoms with Gasteiger partial charge in [-0.2, -0.15) is 0 Å². The summed E-state index contributed by atoms with van der Waals surface area (Å²) in [6, 6.07) is 1.88. The van der Waals surface area contributed by atoms with Crippen molar-refractivity contribution in [3.63, 3.8) is 0 Å². The number of aromatic nitrogens is 1. The Kier molecular flexibility index (Phi) is 3.22. The van der Waals surface area contributed by atoms with E-state index in [1.54, 1.807) is 6.20 Å². The molecule has 1 spiro atoms. The van der Waals surface area contributed by atoms with Crippen LogP contribution in [-0.4, -0.2) is 30.4 Å². The van der Waals surface area contributed by atoms with Crippen molar-refractivity contribution < 1.29 is 9.47 Å². The van der Waals surface area contributed by atoms with Crippen LogP contribution in [0, 0.1) is 5.92 Å². The Bertz CT molecular complexity index is 416. The third-order valence-electron chi connectivity index (χ3n) is 4.11. The molecule has 1 aromatic rings. The average Bonchev–Trinajstić information content (AvgIpc) is 2.80. The molecule has 4 heteroatoms. The van der Waals surface area contributed by atoms with Crippen molar-refractivity contribution in [3.8, 4) is 0 Å². The molecule has 2 aliphatic rings. The average molecular weight is 248 g/mol. The second-order valence-electron chi connectivity index (χ2n) is 5.47. The highest BCUT2D eigenvalue weighted by Crippen LogP contribution is 2.37. The lowest BCUT2D eigenvalue weighted by Crippen LogP contribution is -2.40. The van der Waals surface area contributed by atoms with E-state index < -0.39 is 0 Å². The molecule has 2 saturated heterocycles. The quantitative estimate of drug-likeness (QED) is 0.867. The molecular weight excluding hydrogens is 228 g/mol. The number of nitrogens with two attached hydrogens (primary N) is 1. The van der Waals surface area contributed by atoms with Crippen LogP contribution in [0.5, 0.6) is 0 Å². The molecule has 2 N–H and O–H groups in total. The molecule has 0 bridgehead atoms. The lowest BCUT2D eigenvalue weighted by Gasteiger charge is -2.37. The maximum Gasteiger partial charge on any atom is 0.0939 e. The van der Waals surface area contributed by atoms with Crippen LogP contribution in [0.2, 0.25) is 0 Å². The Morgan fingerprint density at radius 3 is 3.17 bits per heavy atom. The first kappa shape index (κ1) is 11.9. The first-order valence-corrected chi connectivity index (χ1v) is 6.67. The Morgan fingerprint density at radius 2 is 2.39 bits per heavy atom. The molecule has 4 nitrogen and oxygen atoms in total. The van der Waals surface area contributed by atoms with E-state index in [1.807, 2.05) is 12.3 Å². The van der Waals surface area contributed by atoms with Gasteiger partial charge in [-0.25, -0.2) is 0 Å². The predicted octanol–water partition coefficient (Wildman–Crippen LogP) is 1.79. The van der Waals surface area contributed by atoms with E-state index in [1.165, 1.54) is 5.56 Å². The van der Waals surface area contributed by atoms with Crippen molar-refractivity contribution in [1.29, 1.82) is 0 Å². The topological polar surface area (TPSA) is 57.4 Å². The van der Waals surface area contributed by atoms with Crippen LogP contribution in [0.15, 0.2) is 18.5 Å². The van der Waals surface area contributed by atoms with Gasteiger partial charge in [0.15, 0.2) is 0 Å². The molecule has 2 unspecified atom stereocenters. The highest BCUT2D eigenvalue weighted by atomic mass is 16.6. The molecule has 2 atom stereocenters. The zero-order valence-electron chi connectivity index (χ0n) is 10.6. The Balaban J connectivity index is 1.68. The number of ether oxygens (including phenoxy) is 2. The lowest BCUT2D eigenvalue weighted by atomic mass is 9.82. The third kappa shape index (κ3) is 2.35. The van der Waals surface area contributed by atoms with Crippen LogP contribution in [0.4, 0.5) is 5.69 Å². The molecular formula is C14H20N2O2. The highest BCUT2D eigenvalue weighted by molar-refractivity contribution is 5.44. The monoisotopic (exact) mass is 248 g/mol. The van der Waals surface area contributed by atoms with Gasteiger partial charge in [0.2, 0.25) is 0 Å². The number of nitrogens with zero attached hydrogens (tertiary/aromatic N) is 1. The van der Waals surface area contributed by atoms with Crippen LogP contribution in [-0.2, 0) is 15.9 Å². The minimum atomic E-state index is -0.0140. The van der Waals surface area contributed by atoms with E-state index in [0.717, 1.165) is 51.2 Å². The SMILES string of the molecule is Nc1ccncc1CC1CCOC2(CCOC2)C1. The van der Waals surface area contributed by atoms with Gasteiger partial charge in [-0.15, -0.1) is 0 Å². The fourth-order valence-electron chi connectivity index (χ4n) is 3.09. The minimum absolute atomic E-state index is 0.0140. The molecule has 18 heavy (non-hydrogen) atoms. The molecule has 0 aliphatic carbocycles. The summed E-state index contributed by atoms with van der Waals surface area (Å²) in [6.45, 7) is 2.43. The molecule has 3 heterocycles. The number of hydrogen-bond donors (Lipinski definition) is 1. The number of nitrogen functional groups attached to an aromatic ring is 1. The maximum atomic E-state index is 5.99. The third-order valence-corrected chi connectivity index (χ3v) is 4.11. The van der Waals surface area contributed by atoms with Crippen LogP contribution in [0.1, 0.15) is 24.8 Å². The summed E-state index contributed by atoms with van der Waals surface area (Å²) in [6.07, 6.45) is 7.87. The van der Waals surface area contributed by atoms with E-state index in [0.29, 0.717) is 5.92 Å². The zero-order valence-corrected chi connectivity index (χ0v) is 10.6. The molecule has 3 rings (SSSR count). The van der Waals surface area contributed by atoms with Gasteiger partial charge in [-0.1, -0.05) is 0 Å². The first-order valence-electron chi connectivity index (χ1n) is 6.67. The van der Waals surface area contributed by atoms with Crippen molar-refractivity contribution in [2.45, 2.75) is 31.3 Å². The molecule has 2 fully saturated rings. The zero-order chi connectivity index (χ0) is 12.4. The van der Waals surface area contributed by atoms with Crippen LogP contribution in [0.25, 0.3) is 0 Å². The minimum Gasteiger partial charge on any atom is -0.398 e. The standard InChI is InChI=1S/C14H20N2O2/c15-13-1-4-16-9-12(13)7-11-2-5-18-14(8-11)3-6-17-10-14/h1,4,9,11H,2-3,5-8,10H2,(H2,15,16). The summed E-state index contributed by atoms with van der Waals surface area (Å²) in [5, 5.41) is 0. The van der Waals surface area contributed by atoms with Gasteiger partial charge in [-0.05, 0) is 36.8 Å². The fourth-order valence-corrected chi connectivity index (χ4v) is 3.09. The van der Waals surface area contributed by atoms with Crippen LogP contribution >= 0.6 is 0 Å². The van der Waals surface area contributed by atoms with Gasteiger partial charge in [0, 0.05) is 37.7 Å². The van der Waals surface area contributed by atoms with Crippen molar-refractivity contribution in [1.82, 2.24) is 4.98 Å². The number of hydrogen-bond acceptors (Lipinski definition) is 4. The van der Waals surface area contributed by atoms with E-state index in [4.69, 9.17) is 15.2 Å². The van der Waals surface area contributed by atoms with Gasteiger partial charge in [0.25, 0.3) is 0 Å². The van der Waals surface area contributed by atoms with Gasteiger partial charge >= 0.3 is 0 Å². The van der Waals surface area contributed by atoms with Crippen molar-refractivity contribution in [3.05, 3.63) is 24.0 Å². The lowest BCUT2D eigenvalue weighted by molar-refractivity contribution is -0.0975. The largest absolute Gasteiger partial charge is 0.398 e. The molecule has 0 saturated carbocycles. The Labute approximate surface area is 107 Å². The molecule has 0 radical (unpaired) electrons. The van der Waals surface area contributed by atoms with E-state index in [9.17, 15) is 0 Å². The summed E-state index contributed by atoms with van der Waals surface area (Å²) in [5.74, 6) is 0.631. The predicted molar refractivity (Wildman–Crippen MR) is 69.2 cm³/mol. The summed E-state index contributed by atoms with van der Waals surface area (Å²) < 4.78 is 11.5. The first-order chi connectivity index (χ1) is 8.77. The van der Waals surface area contributed by atoms with Crippen LogP contribution < -0.4 is 5.73 Å². The van der Waals surface area contributed by atoms with Gasteiger partial charge in [-0.3, -0.25) is 4.98 Å². The molecule has 0 amide bonds. The number of pyridine rings is 1. The fraction of sp³-hybridized carbons (Fsp3) is 0.643. The Hall–Kier alpha value is -1.13. The van der Waals surface area contributed by atoms with Gasteiger partial charge in [0.05, 0.1) is 12.2 Å². The Morgan fingerprint density at radius 1 is 1.44 bits per heavy atom. The second kappa shape index (κ2) is 4.86. The molecule has 98 valence electrons. The number of rotatable bonds is 2. The van der Waals surface area contributed by atoms with E-state index in [2.05, 4.69) is 4.98 Å². The normalized spacial score (nSPS) is 31.9. The van der Waals surface area contributed by atoms with E-state index in [-0.39, 0.29) is 5.60 Å². The summed E-state index contributed by atoms with van der Waals surface area (Å²) in [7, 11) is 0. The molecule has 2 aliphatic heterocycles. The van der Waals surface area contributed by atoms with Crippen LogP contribution in [0.3, 0.4) is 0 Å². The van der Waals surface area contributed by atoms with E-state index >= 15 is 0 Å². The second-order valence-corrected chi connectivity index (χ2v) is 5.47. The summed E-state index contributed by atoms with van der Waals surface area (Å²) in [4.78, 5) is 4.16. The summed E-state index contributed by atoms with van der Waals surface area (Å²) >= 11 is 0. The summed E-state index contributed by atoms with van der Waals surface area (Å²) in [5.41, 5.74) is 7.99. The van der Waals surface area contributed by atoms with Crippen molar-refractivity contribution in [2.24, 2.45) is 5.92 Å². The maximum absolute atomic E-state index is 5.99. The van der Waals surface area contributed by atoms with Crippen molar-refractivity contribution in [2.75, 3.05) is 25.6 Å². The smallest absolute Gasteiger partial charge is 0.0939 e. The molecule has 1 aromatic heterocycles. The highest BCUT2D eigenvalue weighted by Gasteiger charge is 2.40. The van der Waals surface area contributed by atoms with Crippen molar-refractivity contribution >= 4 is 5.69 Å². The van der Waals surface area contributed by atoms with Gasteiger partial charge < -0.3 is 15.2 Å².